The van der Waals surface area contributed by atoms with Crippen LogP contribution < -0.4 is 14.4 Å². The Morgan fingerprint density at radius 1 is 1.10 bits per heavy atom. The third-order valence-corrected chi connectivity index (χ3v) is 5.08. The van der Waals surface area contributed by atoms with E-state index in [4.69, 9.17) is 19.2 Å². The molecule has 1 fully saturated rings. The fraction of sp³-hybridized carbons (Fsp3) is 0.476. The Bertz CT molecular complexity index is 837. The quantitative estimate of drug-likeness (QED) is 0.733. The summed E-state index contributed by atoms with van der Waals surface area (Å²) in [7, 11) is 0. The Morgan fingerprint density at radius 3 is 2.55 bits per heavy atom. The number of amides is 1. The first-order chi connectivity index (χ1) is 14.2. The second-order valence-electron chi connectivity index (χ2n) is 7.00. The average Bonchev–Trinajstić information content (AvgIpc) is 2.78. The van der Waals surface area contributed by atoms with Gasteiger partial charge in [0, 0.05) is 25.8 Å². The molecule has 2 aliphatic rings. The fourth-order valence-corrected chi connectivity index (χ4v) is 3.46. The number of hydrogen-bond acceptors (Lipinski definition) is 7. The number of carbonyl (C=O) groups is 1. The number of morpholine rings is 1. The molecule has 29 heavy (non-hydrogen) atoms. The highest BCUT2D eigenvalue weighted by molar-refractivity contribution is 5.78. The maximum absolute atomic E-state index is 12.6. The standard InChI is InChI=1S/C21H26N4O4/c1-2-28-17-3-5-18(6-4-17)29-15-20(26)25-8-7-16-13-22-21(23-19(16)14-25)24-9-11-27-12-10-24/h3-6,13H,2,7-12,14-15H2,1H3. The number of rotatable bonds is 6. The van der Waals surface area contributed by atoms with Crippen molar-refractivity contribution in [2.45, 2.75) is 19.9 Å². The molecule has 8 nitrogen and oxygen atoms in total. The lowest BCUT2D eigenvalue weighted by atomic mass is 10.1. The van der Waals surface area contributed by atoms with E-state index in [1.54, 1.807) is 4.90 Å². The number of hydrogen-bond donors (Lipinski definition) is 0. The zero-order valence-electron chi connectivity index (χ0n) is 16.7. The lowest BCUT2D eigenvalue weighted by molar-refractivity contribution is -0.134. The van der Waals surface area contributed by atoms with E-state index < -0.39 is 0 Å². The van der Waals surface area contributed by atoms with Crippen molar-refractivity contribution in [3.05, 3.63) is 41.7 Å². The van der Waals surface area contributed by atoms with Gasteiger partial charge in [0.25, 0.3) is 5.91 Å². The fourth-order valence-electron chi connectivity index (χ4n) is 3.46. The minimum absolute atomic E-state index is 0.00468. The number of ether oxygens (including phenoxy) is 3. The highest BCUT2D eigenvalue weighted by Gasteiger charge is 2.24. The average molecular weight is 398 g/mol. The van der Waals surface area contributed by atoms with Crippen LogP contribution in [0.4, 0.5) is 5.95 Å². The molecule has 1 amide bonds. The third-order valence-electron chi connectivity index (χ3n) is 5.08. The first-order valence-corrected chi connectivity index (χ1v) is 10.0. The molecule has 0 aliphatic carbocycles. The van der Waals surface area contributed by atoms with E-state index in [0.29, 0.717) is 44.6 Å². The Balaban J connectivity index is 1.35. The number of aromatic nitrogens is 2. The van der Waals surface area contributed by atoms with Crippen molar-refractivity contribution in [1.29, 1.82) is 0 Å². The molecule has 2 aliphatic heterocycles. The van der Waals surface area contributed by atoms with Crippen molar-refractivity contribution in [3.63, 3.8) is 0 Å². The van der Waals surface area contributed by atoms with Gasteiger partial charge in [-0.15, -0.1) is 0 Å². The largest absolute Gasteiger partial charge is 0.494 e. The van der Waals surface area contributed by atoms with E-state index in [1.165, 1.54) is 0 Å². The van der Waals surface area contributed by atoms with Crippen LogP contribution in [-0.2, 0) is 22.5 Å². The van der Waals surface area contributed by atoms with E-state index in [9.17, 15) is 4.79 Å². The molecular weight excluding hydrogens is 372 g/mol. The van der Waals surface area contributed by atoms with Crippen LogP contribution in [0, 0.1) is 0 Å². The molecule has 3 heterocycles. The van der Waals surface area contributed by atoms with Crippen molar-refractivity contribution in [2.24, 2.45) is 0 Å². The summed E-state index contributed by atoms with van der Waals surface area (Å²) < 4.78 is 16.5. The molecule has 1 aromatic heterocycles. The lowest BCUT2D eigenvalue weighted by Gasteiger charge is -2.30. The molecule has 4 rings (SSSR count). The molecule has 0 saturated carbocycles. The normalized spacial score (nSPS) is 16.3. The third kappa shape index (κ3) is 4.76. The van der Waals surface area contributed by atoms with Crippen molar-refractivity contribution in [2.75, 3.05) is 51.0 Å². The molecule has 1 aromatic carbocycles. The topological polar surface area (TPSA) is 77.0 Å². The van der Waals surface area contributed by atoms with Gasteiger partial charge in [0.05, 0.1) is 32.1 Å². The molecule has 0 atom stereocenters. The van der Waals surface area contributed by atoms with Gasteiger partial charge >= 0.3 is 0 Å². The van der Waals surface area contributed by atoms with Gasteiger partial charge in [0.2, 0.25) is 5.95 Å². The maximum atomic E-state index is 12.6. The van der Waals surface area contributed by atoms with Crippen LogP contribution in [0.1, 0.15) is 18.2 Å². The number of benzene rings is 1. The van der Waals surface area contributed by atoms with Crippen molar-refractivity contribution in [3.8, 4) is 11.5 Å². The molecule has 8 heteroatoms. The van der Waals surface area contributed by atoms with Gasteiger partial charge in [-0.3, -0.25) is 4.79 Å². The summed E-state index contributed by atoms with van der Waals surface area (Å²) >= 11 is 0. The van der Waals surface area contributed by atoms with E-state index in [-0.39, 0.29) is 12.5 Å². The van der Waals surface area contributed by atoms with Crippen LogP contribution in [0.2, 0.25) is 0 Å². The minimum Gasteiger partial charge on any atom is -0.494 e. The Kier molecular flexibility index (Phi) is 6.09. The maximum Gasteiger partial charge on any atom is 0.260 e. The zero-order valence-corrected chi connectivity index (χ0v) is 16.7. The summed E-state index contributed by atoms with van der Waals surface area (Å²) in [4.78, 5) is 25.8. The smallest absolute Gasteiger partial charge is 0.260 e. The predicted octanol–water partition coefficient (Wildman–Crippen LogP) is 1.68. The lowest BCUT2D eigenvalue weighted by Crippen LogP contribution is -2.40. The molecule has 154 valence electrons. The van der Waals surface area contributed by atoms with E-state index in [1.807, 2.05) is 37.4 Å². The molecule has 2 aromatic rings. The predicted molar refractivity (Wildman–Crippen MR) is 107 cm³/mol. The van der Waals surface area contributed by atoms with Crippen LogP contribution in [-0.4, -0.2) is 66.8 Å². The molecule has 0 unspecified atom stereocenters. The number of fused-ring (bicyclic) bond motifs is 1. The second kappa shape index (κ2) is 9.09. The van der Waals surface area contributed by atoms with E-state index in [0.717, 1.165) is 36.5 Å². The van der Waals surface area contributed by atoms with Crippen LogP contribution in [0.3, 0.4) is 0 Å². The Morgan fingerprint density at radius 2 is 1.83 bits per heavy atom. The number of carbonyl (C=O) groups excluding carboxylic acids is 1. The summed E-state index contributed by atoms with van der Waals surface area (Å²) in [6.45, 7) is 6.65. The van der Waals surface area contributed by atoms with Crippen LogP contribution in [0.25, 0.3) is 0 Å². The summed E-state index contributed by atoms with van der Waals surface area (Å²) in [5.74, 6) is 2.11. The van der Waals surface area contributed by atoms with Gasteiger partial charge in [-0.05, 0) is 43.2 Å². The number of anilines is 1. The summed E-state index contributed by atoms with van der Waals surface area (Å²) in [5, 5.41) is 0. The molecule has 1 saturated heterocycles. The highest BCUT2D eigenvalue weighted by Crippen LogP contribution is 2.21. The minimum atomic E-state index is -0.0453. The van der Waals surface area contributed by atoms with Crippen molar-refractivity contribution >= 4 is 11.9 Å². The monoisotopic (exact) mass is 398 g/mol. The van der Waals surface area contributed by atoms with Crippen LogP contribution in [0.5, 0.6) is 11.5 Å². The Labute approximate surface area is 170 Å². The summed E-state index contributed by atoms with van der Waals surface area (Å²) in [6.07, 6.45) is 2.65. The van der Waals surface area contributed by atoms with Crippen molar-refractivity contribution in [1.82, 2.24) is 14.9 Å². The summed E-state index contributed by atoms with van der Waals surface area (Å²) in [6, 6.07) is 7.30. The second-order valence-corrected chi connectivity index (χ2v) is 7.00. The zero-order chi connectivity index (χ0) is 20.1. The van der Waals surface area contributed by atoms with E-state index >= 15 is 0 Å². The van der Waals surface area contributed by atoms with Gasteiger partial charge < -0.3 is 24.0 Å². The SMILES string of the molecule is CCOc1ccc(OCC(=O)N2CCc3cnc(N4CCOCC4)nc3C2)cc1. The molecule has 0 radical (unpaired) electrons. The highest BCUT2D eigenvalue weighted by atomic mass is 16.5. The van der Waals surface area contributed by atoms with E-state index in [2.05, 4.69) is 9.88 Å². The van der Waals surface area contributed by atoms with Gasteiger partial charge in [-0.1, -0.05) is 0 Å². The first kappa shape index (κ1) is 19.4. The summed E-state index contributed by atoms with van der Waals surface area (Å²) in [5.41, 5.74) is 2.03. The molecule has 0 spiro atoms. The van der Waals surface area contributed by atoms with Gasteiger partial charge in [0.15, 0.2) is 6.61 Å². The van der Waals surface area contributed by atoms with Gasteiger partial charge in [0.1, 0.15) is 11.5 Å². The first-order valence-electron chi connectivity index (χ1n) is 10.0. The Hall–Kier alpha value is -2.87. The van der Waals surface area contributed by atoms with Crippen LogP contribution >= 0.6 is 0 Å². The molecular formula is C21H26N4O4. The molecule has 0 N–H and O–H groups in total. The van der Waals surface area contributed by atoms with Gasteiger partial charge in [-0.25, -0.2) is 9.97 Å². The van der Waals surface area contributed by atoms with Crippen LogP contribution in [0.15, 0.2) is 30.5 Å². The van der Waals surface area contributed by atoms with Gasteiger partial charge in [-0.2, -0.15) is 0 Å². The van der Waals surface area contributed by atoms with Crippen molar-refractivity contribution < 1.29 is 19.0 Å². The molecule has 0 bridgehead atoms. The number of nitrogens with zero attached hydrogens (tertiary/aromatic N) is 4.